The molecule has 1 heterocycles. The van der Waals surface area contributed by atoms with Crippen molar-refractivity contribution in [2.75, 3.05) is 11.9 Å². The summed E-state index contributed by atoms with van der Waals surface area (Å²) >= 11 is 0. The largest absolute Gasteiger partial charge is 0.439 e. The fraction of sp³-hybridized carbons (Fsp3) is 0.263. The molecule has 1 aromatic heterocycles. The summed E-state index contributed by atoms with van der Waals surface area (Å²) < 4.78 is 5.87. The summed E-state index contributed by atoms with van der Waals surface area (Å²) in [5.41, 5.74) is 1.96. The SMILES string of the molecule is CNC(=O)N(C(C)=O)c1ccc(Oc2ccc(C#N)cc2C2CC2)nc1. The molecule has 3 amide bonds. The Hall–Kier alpha value is -3.40. The Balaban J connectivity index is 1.83. The van der Waals surface area contributed by atoms with Crippen LogP contribution in [0.5, 0.6) is 11.6 Å². The summed E-state index contributed by atoms with van der Waals surface area (Å²) in [5, 5.41) is 11.5. The number of urea groups is 1. The van der Waals surface area contributed by atoms with Crippen LogP contribution < -0.4 is 15.0 Å². The number of pyridine rings is 1. The fourth-order valence-electron chi connectivity index (χ4n) is 2.66. The van der Waals surface area contributed by atoms with Crippen LogP contribution in [0.15, 0.2) is 36.5 Å². The van der Waals surface area contributed by atoms with Crippen LogP contribution in [0.3, 0.4) is 0 Å². The summed E-state index contributed by atoms with van der Waals surface area (Å²) in [4.78, 5) is 28.7. The summed E-state index contributed by atoms with van der Waals surface area (Å²) in [7, 11) is 1.45. The molecule has 0 aliphatic heterocycles. The number of ether oxygens (including phenoxy) is 1. The molecular weight excluding hydrogens is 332 g/mol. The summed E-state index contributed by atoms with van der Waals surface area (Å²) in [5.74, 6) is 1.02. The Kier molecular flexibility index (Phi) is 4.85. The minimum absolute atomic E-state index is 0.348. The van der Waals surface area contributed by atoms with Gasteiger partial charge < -0.3 is 10.1 Å². The van der Waals surface area contributed by atoms with Crippen molar-refractivity contribution < 1.29 is 14.3 Å². The van der Waals surface area contributed by atoms with Gasteiger partial charge in [0.1, 0.15) is 5.75 Å². The van der Waals surface area contributed by atoms with E-state index in [4.69, 9.17) is 10.00 Å². The lowest BCUT2D eigenvalue weighted by atomic mass is 10.1. The van der Waals surface area contributed by atoms with Gasteiger partial charge in [-0.05, 0) is 48.6 Å². The molecule has 1 aromatic carbocycles. The third kappa shape index (κ3) is 3.64. The van der Waals surface area contributed by atoms with Gasteiger partial charge in [0, 0.05) is 20.0 Å². The molecule has 0 spiro atoms. The molecule has 1 fully saturated rings. The van der Waals surface area contributed by atoms with Crippen LogP contribution in [0.2, 0.25) is 0 Å². The molecule has 1 saturated carbocycles. The Morgan fingerprint density at radius 1 is 1.31 bits per heavy atom. The Bertz CT molecular complexity index is 883. The Morgan fingerprint density at radius 3 is 2.62 bits per heavy atom. The predicted molar refractivity (Wildman–Crippen MR) is 95.1 cm³/mol. The third-order valence-electron chi connectivity index (χ3n) is 4.08. The number of imide groups is 1. The summed E-state index contributed by atoms with van der Waals surface area (Å²) in [6.45, 7) is 1.30. The van der Waals surface area contributed by atoms with E-state index in [0.717, 1.165) is 23.3 Å². The van der Waals surface area contributed by atoms with E-state index in [0.29, 0.717) is 28.8 Å². The van der Waals surface area contributed by atoms with Crippen molar-refractivity contribution in [2.45, 2.75) is 25.7 Å². The molecule has 1 aliphatic rings. The molecule has 2 aromatic rings. The molecule has 3 rings (SSSR count). The maximum atomic E-state index is 11.8. The highest BCUT2D eigenvalue weighted by atomic mass is 16.5. The van der Waals surface area contributed by atoms with Gasteiger partial charge in [-0.2, -0.15) is 5.26 Å². The van der Waals surface area contributed by atoms with Gasteiger partial charge in [0.25, 0.3) is 0 Å². The van der Waals surface area contributed by atoms with Crippen LogP contribution in [0.1, 0.15) is 36.8 Å². The van der Waals surface area contributed by atoms with E-state index < -0.39 is 11.9 Å². The number of hydrogen-bond acceptors (Lipinski definition) is 5. The molecule has 7 nitrogen and oxygen atoms in total. The second-order valence-electron chi connectivity index (χ2n) is 6.00. The fourth-order valence-corrected chi connectivity index (χ4v) is 2.66. The number of amides is 3. The zero-order chi connectivity index (χ0) is 18.7. The molecule has 0 radical (unpaired) electrons. The molecule has 0 bridgehead atoms. The van der Waals surface area contributed by atoms with Crippen LogP contribution >= 0.6 is 0 Å². The molecule has 0 saturated heterocycles. The van der Waals surface area contributed by atoms with Gasteiger partial charge in [-0.25, -0.2) is 14.7 Å². The number of benzene rings is 1. The van der Waals surface area contributed by atoms with Crippen molar-refractivity contribution in [3.63, 3.8) is 0 Å². The van der Waals surface area contributed by atoms with Crippen molar-refractivity contribution in [1.82, 2.24) is 10.3 Å². The second-order valence-corrected chi connectivity index (χ2v) is 6.00. The van der Waals surface area contributed by atoms with Gasteiger partial charge in [0.15, 0.2) is 0 Å². The molecule has 1 aliphatic carbocycles. The highest BCUT2D eigenvalue weighted by Gasteiger charge is 2.27. The highest BCUT2D eigenvalue weighted by molar-refractivity contribution is 6.13. The molecular formula is C19H18N4O3. The average molecular weight is 350 g/mol. The van der Waals surface area contributed by atoms with Crippen molar-refractivity contribution in [3.05, 3.63) is 47.7 Å². The molecule has 0 unspecified atom stereocenters. The Labute approximate surface area is 151 Å². The van der Waals surface area contributed by atoms with Crippen molar-refractivity contribution in [2.24, 2.45) is 0 Å². The van der Waals surface area contributed by atoms with E-state index in [9.17, 15) is 9.59 Å². The molecule has 0 atom stereocenters. The zero-order valence-electron chi connectivity index (χ0n) is 14.5. The topological polar surface area (TPSA) is 95.3 Å². The van der Waals surface area contributed by atoms with Crippen LogP contribution in [0.4, 0.5) is 10.5 Å². The number of carbonyl (C=O) groups excluding carboxylic acids is 2. The number of nitrogens with zero attached hydrogens (tertiary/aromatic N) is 3. The number of nitriles is 1. The smallest absolute Gasteiger partial charge is 0.328 e. The second kappa shape index (κ2) is 7.23. The molecule has 132 valence electrons. The maximum absolute atomic E-state index is 11.8. The van der Waals surface area contributed by atoms with E-state index in [2.05, 4.69) is 16.4 Å². The number of rotatable bonds is 4. The van der Waals surface area contributed by atoms with E-state index in [1.54, 1.807) is 24.3 Å². The van der Waals surface area contributed by atoms with Gasteiger partial charge in [-0.1, -0.05) is 0 Å². The van der Waals surface area contributed by atoms with Crippen molar-refractivity contribution >= 4 is 17.6 Å². The zero-order valence-corrected chi connectivity index (χ0v) is 14.5. The number of carbonyl (C=O) groups is 2. The quantitative estimate of drug-likeness (QED) is 0.912. The first-order chi connectivity index (χ1) is 12.5. The van der Waals surface area contributed by atoms with Gasteiger partial charge in [-0.15, -0.1) is 0 Å². The molecule has 1 N–H and O–H groups in total. The predicted octanol–water partition coefficient (Wildman–Crippen LogP) is 3.32. The first-order valence-corrected chi connectivity index (χ1v) is 8.24. The van der Waals surface area contributed by atoms with Gasteiger partial charge in [-0.3, -0.25) is 4.79 Å². The molecule has 26 heavy (non-hydrogen) atoms. The lowest BCUT2D eigenvalue weighted by Gasteiger charge is -2.18. The third-order valence-corrected chi connectivity index (χ3v) is 4.08. The minimum Gasteiger partial charge on any atom is -0.439 e. The van der Waals surface area contributed by atoms with Gasteiger partial charge >= 0.3 is 6.03 Å². The first kappa shape index (κ1) is 17.4. The monoisotopic (exact) mass is 350 g/mol. The Morgan fingerprint density at radius 2 is 2.08 bits per heavy atom. The van der Waals surface area contributed by atoms with Crippen LogP contribution in [0.25, 0.3) is 0 Å². The van der Waals surface area contributed by atoms with E-state index >= 15 is 0 Å². The van der Waals surface area contributed by atoms with Crippen molar-refractivity contribution in [1.29, 1.82) is 5.26 Å². The lowest BCUT2D eigenvalue weighted by Crippen LogP contribution is -2.41. The number of nitrogens with one attached hydrogen (secondary N) is 1. The number of aromatic nitrogens is 1. The van der Waals surface area contributed by atoms with Crippen LogP contribution in [-0.4, -0.2) is 24.0 Å². The maximum Gasteiger partial charge on any atom is 0.328 e. The number of anilines is 1. The normalized spacial score (nSPS) is 12.8. The van der Waals surface area contributed by atoms with Gasteiger partial charge in [0.05, 0.1) is 23.5 Å². The summed E-state index contributed by atoms with van der Waals surface area (Å²) in [6, 6.07) is 10.1. The average Bonchev–Trinajstić information content (AvgIpc) is 3.48. The van der Waals surface area contributed by atoms with Crippen LogP contribution in [0, 0.1) is 11.3 Å². The lowest BCUT2D eigenvalue weighted by molar-refractivity contribution is -0.115. The van der Waals surface area contributed by atoms with E-state index in [1.165, 1.54) is 20.2 Å². The molecule has 7 heteroatoms. The van der Waals surface area contributed by atoms with Crippen molar-refractivity contribution in [3.8, 4) is 17.7 Å². The summed E-state index contributed by atoms with van der Waals surface area (Å²) in [6.07, 6.45) is 3.57. The first-order valence-electron chi connectivity index (χ1n) is 8.24. The van der Waals surface area contributed by atoms with E-state index in [1.807, 2.05) is 6.07 Å². The standard InChI is InChI=1S/C19H18N4O3/c1-12(24)23(19(25)21-2)15-6-8-18(22-11-15)26-17-7-3-13(10-20)9-16(17)14-4-5-14/h3,6-9,11,14H,4-5H2,1-2H3,(H,21,25). The van der Waals surface area contributed by atoms with Crippen LogP contribution in [-0.2, 0) is 4.79 Å². The minimum atomic E-state index is -0.531. The highest BCUT2D eigenvalue weighted by Crippen LogP contribution is 2.45. The van der Waals surface area contributed by atoms with E-state index in [-0.39, 0.29) is 0 Å². The van der Waals surface area contributed by atoms with Gasteiger partial charge in [0.2, 0.25) is 11.8 Å². The number of hydrogen-bond donors (Lipinski definition) is 1.